The predicted octanol–water partition coefficient (Wildman–Crippen LogP) is 1.20. The lowest BCUT2D eigenvalue weighted by Gasteiger charge is -2.05. The molecule has 0 aromatic carbocycles. The summed E-state index contributed by atoms with van der Waals surface area (Å²) in [6.45, 7) is 0. The highest BCUT2D eigenvalue weighted by atomic mass is 14.3. The molecular formula is C9H7N3. The van der Waals surface area contributed by atoms with Crippen LogP contribution in [0.4, 0.5) is 0 Å². The Kier molecular flexibility index (Phi) is 4.84. The summed E-state index contributed by atoms with van der Waals surface area (Å²) in [5.74, 6) is 1.01. The first-order valence-electron chi connectivity index (χ1n) is 3.42. The lowest BCUT2D eigenvalue weighted by molar-refractivity contribution is 0.553. The monoisotopic (exact) mass is 157 g/mol. The molecule has 2 unspecified atom stereocenters. The van der Waals surface area contributed by atoms with Gasteiger partial charge in [-0.25, -0.2) is 0 Å². The van der Waals surface area contributed by atoms with Gasteiger partial charge in [0.05, 0.1) is 24.1 Å². The topological polar surface area (TPSA) is 71.4 Å². The fourth-order valence-electron chi connectivity index (χ4n) is 0.769. The number of hydrogen-bond acceptors (Lipinski definition) is 3. The Labute approximate surface area is 71.8 Å². The molecule has 58 valence electrons. The minimum Gasteiger partial charge on any atom is -0.198 e. The van der Waals surface area contributed by atoms with Crippen molar-refractivity contribution in [2.45, 2.75) is 12.8 Å². The van der Waals surface area contributed by atoms with Gasteiger partial charge in [0.25, 0.3) is 0 Å². The molecule has 0 aliphatic rings. The van der Waals surface area contributed by atoms with E-state index < -0.39 is 11.8 Å². The molecule has 0 aromatic heterocycles. The van der Waals surface area contributed by atoms with Crippen LogP contribution >= 0.6 is 0 Å². The molecule has 3 heteroatoms. The Hall–Kier alpha value is -1.97. The molecule has 0 rings (SSSR count). The molecule has 0 aliphatic carbocycles. The first-order chi connectivity index (χ1) is 5.79. The van der Waals surface area contributed by atoms with Crippen LogP contribution < -0.4 is 0 Å². The van der Waals surface area contributed by atoms with Crippen LogP contribution in [0.15, 0.2) is 0 Å². The molecule has 0 N–H and O–H groups in total. The molecule has 0 spiro atoms. The summed E-state index contributed by atoms with van der Waals surface area (Å²) in [7, 11) is 0. The Bertz CT molecular complexity index is 278. The average molecular weight is 157 g/mol. The molecule has 0 radical (unpaired) electrons. The van der Waals surface area contributed by atoms with Gasteiger partial charge in [-0.05, 0) is 6.42 Å². The maximum absolute atomic E-state index is 8.58. The van der Waals surface area contributed by atoms with Crippen molar-refractivity contribution in [3.63, 3.8) is 0 Å². The van der Waals surface area contributed by atoms with Crippen molar-refractivity contribution < 1.29 is 0 Å². The summed E-state index contributed by atoms with van der Waals surface area (Å²) in [5.41, 5.74) is 0. The summed E-state index contributed by atoms with van der Waals surface area (Å²) < 4.78 is 0. The zero-order valence-electron chi connectivity index (χ0n) is 6.49. The fraction of sp³-hybridized carbons (Fsp3) is 0.444. The number of rotatable bonds is 3. The van der Waals surface area contributed by atoms with E-state index in [-0.39, 0.29) is 6.42 Å². The van der Waals surface area contributed by atoms with E-state index in [1.807, 2.05) is 18.2 Å². The summed E-state index contributed by atoms with van der Waals surface area (Å²) in [6, 6.07) is 5.67. The van der Waals surface area contributed by atoms with E-state index in [1.165, 1.54) is 0 Å². The van der Waals surface area contributed by atoms with Crippen molar-refractivity contribution in [1.29, 1.82) is 15.8 Å². The molecule has 3 nitrogen and oxygen atoms in total. The van der Waals surface area contributed by atoms with Crippen molar-refractivity contribution in [2.75, 3.05) is 0 Å². The van der Waals surface area contributed by atoms with Crippen LogP contribution in [0, 0.1) is 58.2 Å². The SMILES string of the molecule is C#CC(C#N)C(C#N)CCC#N. The fourth-order valence-corrected chi connectivity index (χ4v) is 0.769. The Morgan fingerprint density at radius 1 is 1.17 bits per heavy atom. The van der Waals surface area contributed by atoms with Gasteiger partial charge in [-0.3, -0.25) is 0 Å². The molecule has 0 aliphatic heterocycles. The number of terminal acetylenes is 1. The van der Waals surface area contributed by atoms with Crippen molar-refractivity contribution in [2.24, 2.45) is 11.8 Å². The number of nitrogens with zero attached hydrogens (tertiary/aromatic N) is 3. The highest BCUT2D eigenvalue weighted by molar-refractivity contribution is 5.12. The smallest absolute Gasteiger partial charge is 0.123 e. The Balaban J connectivity index is 4.21. The largest absolute Gasteiger partial charge is 0.198 e. The van der Waals surface area contributed by atoms with Crippen LogP contribution in [0.25, 0.3) is 0 Å². The summed E-state index contributed by atoms with van der Waals surface area (Å²) >= 11 is 0. The number of hydrogen-bond donors (Lipinski definition) is 0. The third-order valence-electron chi connectivity index (χ3n) is 1.45. The highest BCUT2D eigenvalue weighted by Gasteiger charge is 2.17. The van der Waals surface area contributed by atoms with Crippen LogP contribution in [0.1, 0.15) is 12.8 Å². The molecule has 0 fully saturated rings. The van der Waals surface area contributed by atoms with Crippen LogP contribution in [-0.2, 0) is 0 Å². The molecule has 12 heavy (non-hydrogen) atoms. The van der Waals surface area contributed by atoms with Crippen molar-refractivity contribution in [3.8, 4) is 30.6 Å². The van der Waals surface area contributed by atoms with E-state index >= 15 is 0 Å². The maximum Gasteiger partial charge on any atom is 0.123 e. The first kappa shape index (κ1) is 10.0. The van der Waals surface area contributed by atoms with Gasteiger partial charge >= 0.3 is 0 Å². The Morgan fingerprint density at radius 3 is 2.17 bits per heavy atom. The van der Waals surface area contributed by atoms with E-state index in [9.17, 15) is 0 Å². The molecule has 2 atom stereocenters. The van der Waals surface area contributed by atoms with Gasteiger partial charge in [-0.15, -0.1) is 6.42 Å². The van der Waals surface area contributed by atoms with Gasteiger partial charge < -0.3 is 0 Å². The molecule has 0 saturated heterocycles. The summed E-state index contributed by atoms with van der Waals surface area (Å²) in [5, 5.41) is 25.3. The third-order valence-corrected chi connectivity index (χ3v) is 1.45. The lowest BCUT2D eigenvalue weighted by atomic mass is 9.92. The van der Waals surface area contributed by atoms with E-state index in [0.717, 1.165) is 0 Å². The molecule has 0 amide bonds. The third kappa shape index (κ3) is 2.74. The Morgan fingerprint density at radius 2 is 1.83 bits per heavy atom. The van der Waals surface area contributed by atoms with Gasteiger partial charge in [0, 0.05) is 6.42 Å². The second-order valence-corrected chi connectivity index (χ2v) is 2.21. The van der Waals surface area contributed by atoms with Crippen LogP contribution in [0.2, 0.25) is 0 Å². The van der Waals surface area contributed by atoms with E-state index in [4.69, 9.17) is 22.2 Å². The van der Waals surface area contributed by atoms with Crippen LogP contribution in [0.3, 0.4) is 0 Å². The summed E-state index contributed by atoms with van der Waals surface area (Å²) in [6.07, 6.45) is 5.66. The average Bonchev–Trinajstić information content (AvgIpc) is 2.12. The quantitative estimate of drug-likeness (QED) is 0.578. The molecule has 0 aromatic rings. The minimum atomic E-state index is -0.691. The second-order valence-electron chi connectivity index (χ2n) is 2.21. The van der Waals surface area contributed by atoms with Crippen molar-refractivity contribution in [1.82, 2.24) is 0 Å². The van der Waals surface area contributed by atoms with Gasteiger partial charge in [-0.2, -0.15) is 15.8 Å². The van der Waals surface area contributed by atoms with E-state index in [2.05, 4.69) is 5.92 Å². The zero-order valence-corrected chi connectivity index (χ0v) is 6.49. The van der Waals surface area contributed by atoms with E-state index in [1.54, 1.807) is 0 Å². The van der Waals surface area contributed by atoms with E-state index in [0.29, 0.717) is 6.42 Å². The van der Waals surface area contributed by atoms with Crippen LogP contribution in [0.5, 0.6) is 0 Å². The van der Waals surface area contributed by atoms with Gasteiger partial charge in [0.1, 0.15) is 5.92 Å². The molecular weight excluding hydrogens is 150 g/mol. The predicted molar refractivity (Wildman–Crippen MR) is 41.9 cm³/mol. The minimum absolute atomic E-state index is 0.262. The van der Waals surface area contributed by atoms with Crippen LogP contribution in [-0.4, -0.2) is 0 Å². The highest BCUT2D eigenvalue weighted by Crippen LogP contribution is 2.15. The standard InChI is InChI=1S/C9H7N3/c1-2-8(6-11)9(7-12)4-3-5-10/h1,8-9H,3-4H2. The molecule has 0 saturated carbocycles. The second kappa shape index (κ2) is 5.79. The lowest BCUT2D eigenvalue weighted by Crippen LogP contribution is -2.08. The zero-order chi connectivity index (χ0) is 9.40. The molecule has 0 bridgehead atoms. The summed E-state index contributed by atoms with van der Waals surface area (Å²) in [4.78, 5) is 0. The normalized spacial score (nSPS) is 12.7. The van der Waals surface area contributed by atoms with Gasteiger partial charge in [-0.1, -0.05) is 5.92 Å². The van der Waals surface area contributed by atoms with Crippen molar-refractivity contribution >= 4 is 0 Å². The maximum atomic E-state index is 8.58. The number of nitriles is 3. The van der Waals surface area contributed by atoms with Gasteiger partial charge in [0.2, 0.25) is 0 Å². The molecule has 0 heterocycles. The first-order valence-corrected chi connectivity index (χ1v) is 3.42. The van der Waals surface area contributed by atoms with Crippen molar-refractivity contribution in [3.05, 3.63) is 0 Å². The van der Waals surface area contributed by atoms with Gasteiger partial charge in [0.15, 0.2) is 0 Å².